The van der Waals surface area contributed by atoms with E-state index in [1.807, 2.05) is 0 Å². The molecule has 0 aromatic heterocycles. The third-order valence-corrected chi connectivity index (χ3v) is 3.13. The van der Waals surface area contributed by atoms with Crippen LogP contribution in [-0.2, 0) is 23.9 Å². The van der Waals surface area contributed by atoms with Crippen LogP contribution in [0.25, 0.3) is 0 Å². The van der Waals surface area contributed by atoms with Gasteiger partial charge in [0.25, 0.3) is 0 Å². The molecule has 2 aliphatic rings. The normalized spacial score (nSPS) is 24.8. The summed E-state index contributed by atoms with van der Waals surface area (Å²) in [5, 5.41) is 15.8. The highest BCUT2D eigenvalue weighted by Crippen LogP contribution is 2.36. The Balaban J connectivity index is 0.000000203. The molecule has 1 saturated heterocycles. The number of aliphatic carboxylic acids is 2. The van der Waals surface area contributed by atoms with Crippen LogP contribution in [0.5, 0.6) is 0 Å². The van der Waals surface area contributed by atoms with Gasteiger partial charge in [0.05, 0.1) is 24.7 Å². The molecule has 2 rings (SSSR count). The van der Waals surface area contributed by atoms with E-state index in [0.717, 1.165) is 25.7 Å². The molecule has 2 atom stereocenters. The lowest BCUT2D eigenvalue weighted by molar-refractivity contribution is -0.153. The molecule has 1 heterocycles. The second-order valence-corrected chi connectivity index (χ2v) is 4.53. The zero-order valence-corrected chi connectivity index (χ0v) is 10.3. The van der Waals surface area contributed by atoms with E-state index in [1.54, 1.807) is 0 Å². The van der Waals surface area contributed by atoms with Crippen LogP contribution < -0.4 is 0 Å². The van der Waals surface area contributed by atoms with Crippen LogP contribution in [-0.4, -0.2) is 34.1 Å². The van der Waals surface area contributed by atoms with Crippen molar-refractivity contribution in [3.63, 3.8) is 0 Å². The predicted octanol–water partition coefficient (Wildman–Crippen LogP) is 0.812. The van der Waals surface area contributed by atoms with E-state index in [1.165, 1.54) is 0 Å². The summed E-state index contributed by atoms with van der Waals surface area (Å²) >= 11 is 0. The second-order valence-electron chi connectivity index (χ2n) is 4.53. The molecule has 2 unspecified atom stereocenters. The first-order chi connectivity index (χ1) is 8.91. The van der Waals surface area contributed by atoms with Crippen LogP contribution in [0.2, 0.25) is 0 Å². The molecule has 1 aliphatic carbocycles. The Labute approximate surface area is 109 Å². The lowest BCUT2D eigenvalue weighted by Crippen LogP contribution is -2.21. The van der Waals surface area contributed by atoms with E-state index in [2.05, 4.69) is 4.74 Å². The number of esters is 2. The molecule has 0 aromatic rings. The fraction of sp³-hybridized carbons (Fsp3) is 0.667. The molecule has 106 valence electrons. The molecule has 2 N–H and O–H groups in total. The number of carbonyl (C=O) groups is 4. The van der Waals surface area contributed by atoms with Crippen molar-refractivity contribution < 1.29 is 34.1 Å². The first kappa shape index (κ1) is 15.1. The van der Waals surface area contributed by atoms with Crippen LogP contribution in [0.4, 0.5) is 0 Å². The number of hydrogen-bond acceptors (Lipinski definition) is 5. The quantitative estimate of drug-likeness (QED) is 0.576. The van der Waals surface area contributed by atoms with Gasteiger partial charge in [-0.3, -0.25) is 19.2 Å². The van der Waals surface area contributed by atoms with Gasteiger partial charge in [0, 0.05) is 0 Å². The summed E-state index contributed by atoms with van der Waals surface area (Å²) in [5.41, 5.74) is 0. The average molecular weight is 272 g/mol. The SMILES string of the molecule is O=C(O)CCC(=O)O.O=C1OC(=O)C2CCCCC12. The molecule has 0 radical (unpaired) electrons. The standard InChI is InChI=1S/C8H10O3.C4H6O4/c9-7-5-3-1-2-4-6(5)8(10)11-7;5-3(6)1-2-4(7)8/h5-6H,1-4H2;1-2H2,(H,5,6)(H,7,8). The molecule has 0 bridgehead atoms. The lowest BCUT2D eigenvalue weighted by atomic mass is 9.81. The van der Waals surface area contributed by atoms with Crippen LogP contribution in [0, 0.1) is 11.8 Å². The molecule has 0 aromatic carbocycles. The Morgan fingerprint density at radius 3 is 1.63 bits per heavy atom. The topological polar surface area (TPSA) is 118 Å². The summed E-state index contributed by atoms with van der Waals surface area (Å²) in [6, 6.07) is 0. The molecular formula is C12H16O7. The molecule has 1 saturated carbocycles. The van der Waals surface area contributed by atoms with E-state index in [0.29, 0.717) is 0 Å². The van der Waals surface area contributed by atoms with Crippen LogP contribution >= 0.6 is 0 Å². The minimum absolute atomic E-state index is 0.101. The maximum Gasteiger partial charge on any atom is 0.317 e. The molecular weight excluding hydrogens is 256 g/mol. The monoisotopic (exact) mass is 272 g/mol. The van der Waals surface area contributed by atoms with Crippen molar-refractivity contribution in [1.82, 2.24) is 0 Å². The van der Waals surface area contributed by atoms with Gasteiger partial charge in [0.2, 0.25) is 0 Å². The Bertz CT molecular complexity index is 352. The third kappa shape index (κ3) is 4.69. The highest BCUT2D eigenvalue weighted by atomic mass is 16.6. The van der Waals surface area contributed by atoms with Crippen molar-refractivity contribution >= 4 is 23.9 Å². The summed E-state index contributed by atoms with van der Waals surface area (Å²) in [6.07, 6.45) is 3.21. The molecule has 7 heteroatoms. The maximum atomic E-state index is 11.0. The predicted molar refractivity (Wildman–Crippen MR) is 61.1 cm³/mol. The summed E-state index contributed by atoms with van der Waals surface area (Å²) in [4.78, 5) is 41.2. The minimum atomic E-state index is -1.08. The maximum absolute atomic E-state index is 11.0. The molecule has 0 spiro atoms. The van der Waals surface area contributed by atoms with Crippen molar-refractivity contribution in [3.8, 4) is 0 Å². The Morgan fingerprint density at radius 1 is 0.947 bits per heavy atom. The number of cyclic esters (lactones) is 2. The van der Waals surface area contributed by atoms with Crippen molar-refractivity contribution in [2.75, 3.05) is 0 Å². The number of hydrogen-bond donors (Lipinski definition) is 2. The van der Waals surface area contributed by atoms with Gasteiger partial charge in [0.15, 0.2) is 0 Å². The summed E-state index contributed by atoms with van der Waals surface area (Å²) in [6.45, 7) is 0. The van der Waals surface area contributed by atoms with E-state index in [4.69, 9.17) is 10.2 Å². The number of fused-ring (bicyclic) bond motifs is 1. The van der Waals surface area contributed by atoms with Crippen molar-refractivity contribution in [2.24, 2.45) is 11.8 Å². The number of carboxylic acids is 2. The van der Waals surface area contributed by atoms with E-state index >= 15 is 0 Å². The van der Waals surface area contributed by atoms with Gasteiger partial charge in [-0.2, -0.15) is 0 Å². The van der Waals surface area contributed by atoms with Gasteiger partial charge in [-0.05, 0) is 12.8 Å². The molecule has 2 fully saturated rings. The molecule has 19 heavy (non-hydrogen) atoms. The number of ether oxygens (including phenoxy) is 1. The smallest absolute Gasteiger partial charge is 0.317 e. The van der Waals surface area contributed by atoms with Gasteiger partial charge in [-0.25, -0.2) is 0 Å². The van der Waals surface area contributed by atoms with E-state index < -0.39 is 11.9 Å². The highest BCUT2D eigenvalue weighted by Gasteiger charge is 2.44. The Morgan fingerprint density at radius 2 is 1.32 bits per heavy atom. The molecule has 1 aliphatic heterocycles. The number of rotatable bonds is 3. The van der Waals surface area contributed by atoms with Crippen molar-refractivity contribution in [2.45, 2.75) is 38.5 Å². The van der Waals surface area contributed by atoms with E-state index in [-0.39, 0.29) is 36.6 Å². The Kier molecular flexibility index (Phi) is 5.47. The fourth-order valence-corrected chi connectivity index (χ4v) is 2.16. The van der Waals surface area contributed by atoms with Gasteiger partial charge in [-0.15, -0.1) is 0 Å². The molecule has 0 amide bonds. The molecule has 7 nitrogen and oxygen atoms in total. The first-order valence-corrected chi connectivity index (χ1v) is 6.11. The zero-order chi connectivity index (χ0) is 14.4. The zero-order valence-electron chi connectivity index (χ0n) is 10.3. The van der Waals surface area contributed by atoms with Gasteiger partial charge in [0.1, 0.15) is 0 Å². The number of carboxylic acid groups (broad SMARTS) is 2. The van der Waals surface area contributed by atoms with Crippen molar-refractivity contribution in [3.05, 3.63) is 0 Å². The lowest BCUT2D eigenvalue weighted by Gasteiger charge is -2.18. The summed E-state index contributed by atoms with van der Waals surface area (Å²) in [7, 11) is 0. The van der Waals surface area contributed by atoms with Crippen LogP contribution in [0.3, 0.4) is 0 Å². The largest absolute Gasteiger partial charge is 0.481 e. The van der Waals surface area contributed by atoms with Crippen LogP contribution in [0.15, 0.2) is 0 Å². The Hall–Kier alpha value is -1.92. The van der Waals surface area contributed by atoms with E-state index in [9.17, 15) is 19.2 Å². The average Bonchev–Trinajstić information content (AvgIpc) is 2.64. The van der Waals surface area contributed by atoms with Gasteiger partial charge >= 0.3 is 23.9 Å². The fourth-order valence-electron chi connectivity index (χ4n) is 2.16. The summed E-state index contributed by atoms with van der Waals surface area (Å²) < 4.78 is 4.53. The van der Waals surface area contributed by atoms with Crippen molar-refractivity contribution in [1.29, 1.82) is 0 Å². The second kappa shape index (κ2) is 6.86. The van der Waals surface area contributed by atoms with Crippen LogP contribution in [0.1, 0.15) is 38.5 Å². The van der Waals surface area contributed by atoms with Gasteiger partial charge < -0.3 is 14.9 Å². The third-order valence-electron chi connectivity index (χ3n) is 3.13. The van der Waals surface area contributed by atoms with Gasteiger partial charge in [-0.1, -0.05) is 12.8 Å². The first-order valence-electron chi connectivity index (χ1n) is 6.11. The highest BCUT2D eigenvalue weighted by molar-refractivity contribution is 5.96. The summed E-state index contributed by atoms with van der Waals surface area (Å²) in [5.74, 6) is -2.94. The minimum Gasteiger partial charge on any atom is -0.481 e. The number of carbonyl (C=O) groups excluding carboxylic acids is 2.